The zero-order valence-corrected chi connectivity index (χ0v) is 9.01. The first-order valence-corrected chi connectivity index (χ1v) is 5.37. The van der Waals surface area contributed by atoms with Gasteiger partial charge in [-0.05, 0) is 25.5 Å². The van der Waals surface area contributed by atoms with Gasteiger partial charge < -0.3 is 0 Å². The fourth-order valence-corrected chi connectivity index (χ4v) is 2.25. The van der Waals surface area contributed by atoms with Crippen LogP contribution in [0.3, 0.4) is 0 Å². The van der Waals surface area contributed by atoms with Crippen molar-refractivity contribution in [2.24, 2.45) is 0 Å². The van der Waals surface area contributed by atoms with E-state index in [-0.39, 0.29) is 0 Å². The SMILES string of the molecule is CCc1sc(-c2cccnn2)nc1C. The minimum Gasteiger partial charge on any atom is -0.239 e. The molecule has 2 aromatic heterocycles. The third kappa shape index (κ3) is 1.65. The fraction of sp³-hybridized carbons (Fsp3) is 0.300. The Kier molecular flexibility index (Phi) is 2.54. The van der Waals surface area contributed by atoms with Gasteiger partial charge in [0.05, 0.1) is 5.69 Å². The molecule has 0 spiro atoms. The van der Waals surface area contributed by atoms with E-state index in [1.54, 1.807) is 17.5 Å². The summed E-state index contributed by atoms with van der Waals surface area (Å²) in [7, 11) is 0. The van der Waals surface area contributed by atoms with E-state index in [0.29, 0.717) is 0 Å². The van der Waals surface area contributed by atoms with Crippen molar-refractivity contribution in [3.8, 4) is 10.7 Å². The molecule has 14 heavy (non-hydrogen) atoms. The molecule has 72 valence electrons. The van der Waals surface area contributed by atoms with Crippen LogP contribution >= 0.6 is 11.3 Å². The predicted octanol–water partition coefficient (Wildman–Crippen LogP) is 2.47. The van der Waals surface area contributed by atoms with Crippen molar-refractivity contribution in [2.75, 3.05) is 0 Å². The molecule has 4 heteroatoms. The molecule has 0 saturated heterocycles. The maximum absolute atomic E-state index is 4.47. The highest BCUT2D eigenvalue weighted by Crippen LogP contribution is 2.25. The third-order valence-electron chi connectivity index (χ3n) is 2.01. The van der Waals surface area contributed by atoms with Crippen molar-refractivity contribution in [3.63, 3.8) is 0 Å². The van der Waals surface area contributed by atoms with Crippen LogP contribution in [0.4, 0.5) is 0 Å². The summed E-state index contributed by atoms with van der Waals surface area (Å²) in [5.74, 6) is 0. The molecule has 0 N–H and O–H groups in total. The van der Waals surface area contributed by atoms with Crippen LogP contribution in [-0.2, 0) is 6.42 Å². The Hall–Kier alpha value is -1.29. The molecule has 0 aliphatic carbocycles. The highest BCUT2D eigenvalue weighted by Gasteiger charge is 2.08. The first kappa shape index (κ1) is 9.27. The Balaban J connectivity index is 2.43. The lowest BCUT2D eigenvalue weighted by Crippen LogP contribution is -1.84. The van der Waals surface area contributed by atoms with Crippen LogP contribution in [0.1, 0.15) is 17.5 Å². The Morgan fingerprint density at radius 3 is 2.86 bits per heavy atom. The van der Waals surface area contributed by atoms with E-state index in [9.17, 15) is 0 Å². The molecule has 3 nitrogen and oxygen atoms in total. The predicted molar refractivity (Wildman–Crippen MR) is 57.3 cm³/mol. The normalized spacial score (nSPS) is 10.4. The van der Waals surface area contributed by atoms with Gasteiger partial charge in [0.15, 0.2) is 0 Å². The van der Waals surface area contributed by atoms with Gasteiger partial charge in [0.25, 0.3) is 0 Å². The van der Waals surface area contributed by atoms with Gasteiger partial charge in [-0.15, -0.1) is 16.4 Å². The van der Waals surface area contributed by atoms with Crippen LogP contribution in [-0.4, -0.2) is 15.2 Å². The van der Waals surface area contributed by atoms with Crippen LogP contribution in [0, 0.1) is 6.92 Å². The quantitative estimate of drug-likeness (QED) is 0.756. The van der Waals surface area contributed by atoms with Crippen molar-refractivity contribution in [1.82, 2.24) is 15.2 Å². The number of aryl methyl sites for hydroxylation is 2. The monoisotopic (exact) mass is 205 g/mol. The van der Waals surface area contributed by atoms with Gasteiger partial charge in [-0.2, -0.15) is 5.10 Å². The second-order valence-electron chi connectivity index (χ2n) is 2.99. The Bertz CT molecular complexity index is 422. The fourth-order valence-electron chi connectivity index (χ4n) is 1.28. The minimum atomic E-state index is 0.861. The van der Waals surface area contributed by atoms with Crippen molar-refractivity contribution >= 4 is 11.3 Å². The molecule has 0 fully saturated rings. The molecule has 0 aliphatic rings. The lowest BCUT2D eigenvalue weighted by atomic mass is 10.3. The summed E-state index contributed by atoms with van der Waals surface area (Å²) in [4.78, 5) is 5.79. The van der Waals surface area contributed by atoms with E-state index in [4.69, 9.17) is 0 Å². The maximum atomic E-state index is 4.47. The van der Waals surface area contributed by atoms with E-state index in [1.807, 2.05) is 19.1 Å². The zero-order valence-electron chi connectivity index (χ0n) is 8.19. The summed E-state index contributed by atoms with van der Waals surface area (Å²) < 4.78 is 0. The second-order valence-corrected chi connectivity index (χ2v) is 4.07. The number of nitrogens with zero attached hydrogens (tertiary/aromatic N) is 3. The number of hydrogen-bond donors (Lipinski definition) is 0. The topological polar surface area (TPSA) is 38.7 Å². The smallest absolute Gasteiger partial charge is 0.144 e. The van der Waals surface area contributed by atoms with Crippen LogP contribution in [0.2, 0.25) is 0 Å². The van der Waals surface area contributed by atoms with Crippen LogP contribution in [0.15, 0.2) is 18.3 Å². The highest BCUT2D eigenvalue weighted by molar-refractivity contribution is 7.15. The molecule has 0 aliphatic heterocycles. The van der Waals surface area contributed by atoms with Gasteiger partial charge in [0.1, 0.15) is 10.7 Å². The van der Waals surface area contributed by atoms with Crippen LogP contribution in [0.5, 0.6) is 0 Å². The average molecular weight is 205 g/mol. The van der Waals surface area contributed by atoms with Gasteiger partial charge in [-0.25, -0.2) is 4.98 Å². The first-order valence-electron chi connectivity index (χ1n) is 4.55. The van der Waals surface area contributed by atoms with Crippen LogP contribution < -0.4 is 0 Å². The van der Waals surface area contributed by atoms with Gasteiger partial charge in [-0.3, -0.25) is 0 Å². The summed E-state index contributed by atoms with van der Waals surface area (Å²) in [5, 5.41) is 8.84. The van der Waals surface area contributed by atoms with Crippen molar-refractivity contribution in [2.45, 2.75) is 20.3 Å². The lowest BCUT2D eigenvalue weighted by Gasteiger charge is -1.90. The van der Waals surface area contributed by atoms with Crippen molar-refractivity contribution in [1.29, 1.82) is 0 Å². The molecule has 0 bridgehead atoms. The van der Waals surface area contributed by atoms with E-state index in [1.165, 1.54) is 4.88 Å². The van der Waals surface area contributed by atoms with E-state index in [0.717, 1.165) is 22.8 Å². The third-order valence-corrected chi connectivity index (χ3v) is 3.33. The molecule has 2 rings (SSSR count). The summed E-state index contributed by atoms with van der Waals surface area (Å²) in [6.07, 6.45) is 2.70. The van der Waals surface area contributed by atoms with Gasteiger partial charge in [0, 0.05) is 11.1 Å². The number of rotatable bonds is 2. The number of thiazole rings is 1. The minimum absolute atomic E-state index is 0.861. The molecular formula is C10H11N3S. The maximum Gasteiger partial charge on any atom is 0.144 e. The summed E-state index contributed by atoms with van der Waals surface area (Å²) in [6.45, 7) is 4.18. The van der Waals surface area contributed by atoms with Gasteiger partial charge in [-0.1, -0.05) is 6.92 Å². The summed E-state index contributed by atoms with van der Waals surface area (Å²) >= 11 is 1.70. The molecule has 0 amide bonds. The molecule has 2 heterocycles. The second kappa shape index (κ2) is 3.84. The molecule has 0 aromatic carbocycles. The largest absolute Gasteiger partial charge is 0.239 e. The van der Waals surface area contributed by atoms with Gasteiger partial charge >= 0.3 is 0 Å². The average Bonchev–Trinajstić information content (AvgIpc) is 2.61. The molecule has 0 atom stereocenters. The summed E-state index contributed by atoms with van der Waals surface area (Å²) in [5.41, 5.74) is 1.97. The summed E-state index contributed by atoms with van der Waals surface area (Å²) in [6, 6.07) is 3.81. The first-order chi connectivity index (χ1) is 6.81. The van der Waals surface area contributed by atoms with Gasteiger partial charge in [0.2, 0.25) is 0 Å². The molecule has 0 radical (unpaired) electrons. The molecule has 0 saturated carbocycles. The van der Waals surface area contributed by atoms with E-state index >= 15 is 0 Å². The van der Waals surface area contributed by atoms with Crippen molar-refractivity contribution < 1.29 is 0 Å². The van der Waals surface area contributed by atoms with E-state index in [2.05, 4.69) is 22.1 Å². The lowest BCUT2D eigenvalue weighted by molar-refractivity contribution is 1.03. The zero-order chi connectivity index (χ0) is 9.97. The number of hydrogen-bond acceptors (Lipinski definition) is 4. The number of aromatic nitrogens is 3. The van der Waals surface area contributed by atoms with Crippen LogP contribution in [0.25, 0.3) is 10.7 Å². The molecule has 0 unspecified atom stereocenters. The Morgan fingerprint density at radius 1 is 1.43 bits per heavy atom. The highest BCUT2D eigenvalue weighted by atomic mass is 32.1. The van der Waals surface area contributed by atoms with Crippen molar-refractivity contribution in [3.05, 3.63) is 28.9 Å². The standard InChI is InChI=1S/C10H11N3S/c1-3-9-7(2)12-10(14-9)8-5-4-6-11-13-8/h4-6H,3H2,1-2H3. The molecular weight excluding hydrogens is 194 g/mol. The Labute approximate surface area is 86.9 Å². The molecule has 2 aromatic rings. The van der Waals surface area contributed by atoms with E-state index < -0.39 is 0 Å². The Morgan fingerprint density at radius 2 is 2.29 bits per heavy atom.